The number of amides is 2. The normalized spacial score (nSPS) is 12.0. The number of hydrogen-bond acceptors (Lipinski definition) is 7. The zero-order chi connectivity index (χ0) is 33.5. The lowest BCUT2D eigenvalue weighted by Gasteiger charge is -2.33. The second kappa shape index (κ2) is 15.4. The van der Waals surface area contributed by atoms with Gasteiger partial charge in [-0.2, -0.15) is 0 Å². The molecule has 1 N–H and O–H groups in total. The number of carbonyl (C=O) groups is 2. The van der Waals surface area contributed by atoms with Crippen LogP contribution in [0.3, 0.4) is 0 Å². The number of nitrogens with one attached hydrogen (secondary N) is 1. The van der Waals surface area contributed by atoms with Crippen LogP contribution in [-0.4, -0.2) is 56.3 Å². The number of methoxy groups -OCH3 is 1. The molecule has 0 bridgehead atoms. The number of ether oxygens (including phenoxy) is 1. The SMILES string of the molecule is CC[C@H](C(=O)NCC(C)C)N(Cc1ccc(Cl)cc1Cl)C(=O)CN(c1ccc(OC)cc1)S(=O)(=O)c1ccc(C)c([N+](=O)[O-])c1. The van der Waals surface area contributed by atoms with Crippen molar-refractivity contribution in [2.75, 3.05) is 24.5 Å². The lowest BCUT2D eigenvalue weighted by atomic mass is 10.1. The zero-order valence-corrected chi connectivity index (χ0v) is 27.9. The van der Waals surface area contributed by atoms with Crippen LogP contribution in [-0.2, 0) is 26.2 Å². The Kier molecular flexibility index (Phi) is 12.2. The van der Waals surface area contributed by atoms with Gasteiger partial charge in [-0.05, 0) is 67.3 Å². The van der Waals surface area contributed by atoms with E-state index in [9.17, 15) is 28.1 Å². The number of benzene rings is 3. The van der Waals surface area contributed by atoms with Crippen LogP contribution in [0.15, 0.2) is 65.6 Å². The maximum absolute atomic E-state index is 14.2. The summed E-state index contributed by atoms with van der Waals surface area (Å²) in [5.41, 5.74) is 0.492. The predicted octanol–water partition coefficient (Wildman–Crippen LogP) is 5.99. The van der Waals surface area contributed by atoms with Crippen LogP contribution in [0, 0.1) is 23.0 Å². The van der Waals surface area contributed by atoms with Gasteiger partial charge in [0.1, 0.15) is 18.3 Å². The van der Waals surface area contributed by atoms with E-state index in [2.05, 4.69) is 5.32 Å². The Morgan fingerprint density at radius 1 is 1.04 bits per heavy atom. The van der Waals surface area contributed by atoms with Crippen LogP contribution >= 0.6 is 23.2 Å². The molecular weight excluding hydrogens is 643 g/mol. The van der Waals surface area contributed by atoms with Gasteiger partial charge in [-0.15, -0.1) is 0 Å². The molecule has 0 heterocycles. The monoisotopic (exact) mass is 678 g/mol. The predicted molar refractivity (Wildman–Crippen MR) is 174 cm³/mol. The highest BCUT2D eigenvalue weighted by Gasteiger charge is 2.34. The lowest BCUT2D eigenvalue weighted by molar-refractivity contribution is -0.385. The average molecular weight is 680 g/mol. The summed E-state index contributed by atoms with van der Waals surface area (Å²) < 4.78 is 34.3. The van der Waals surface area contributed by atoms with Crippen molar-refractivity contribution in [3.63, 3.8) is 0 Å². The summed E-state index contributed by atoms with van der Waals surface area (Å²) in [7, 11) is -3.09. The molecule has 11 nitrogen and oxygen atoms in total. The molecule has 45 heavy (non-hydrogen) atoms. The minimum absolute atomic E-state index is 0.106. The summed E-state index contributed by atoms with van der Waals surface area (Å²) in [4.78, 5) is 39.5. The molecule has 0 spiro atoms. The van der Waals surface area contributed by atoms with Crippen molar-refractivity contribution >= 4 is 56.4 Å². The molecule has 3 rings (SSSR count). The van der Waals surface area contributed by atoms with Gasteiger partial charge < -0.3 is 15.0 Å². The number of hydrogen-bond donors (Lipinski definition) is 1. The molecule has 0 aromatic heterocycles. The zero-order valence-electron chi connectivity index (χ0n) is 25.6. The number of nitro benzene ring substituents is 1. The topological polar surface area (TPSA) is 139 Å². The third-order valence-electron chi connectivity index (χ3n) is 7.03. The van der Waals surface area contributed by atoms with Gasteiger partial charge in [0.2, 0.25) is 11.8 Å². The maximum Gasteiger partial charge on any atom is 0.273 e. The van der Waals surface area contributed by atoms with Crippen molar-refractivity contribution in [3.05, 3.63) is 92.0 Å². The Balaban J connectivity index is 2.13. The van der Waals surface area contributed by atoms with E-state index in [1.165, 1.54) is 61.4 Å². The molecule has 3 aromatic carbocycles. The first-order valence-corrected chi connectivity index (χ1v) is 16.3. The fourth-order valence-electron chi connectivity index (χ4n) is 4.53. The molecular formula is C31H36Cl2N4O7S. The fraction of sp³-hybridized carbons (Fsp3) is 0.355. The molecule has 0 radical (unpaired) electrons. The Morgan fingerprint density at radius 3 is 2.27 bits per heavy atom. The molecule has 242 valence electrons. The Morgan fingerprint density at radius 2 is 1.71 bits per heavy atom. The quantitative estimate of drug-likeness (QED) is 0.163. The van der Waals surface area contributed by atoms with Crippen molar-refractivity contribution in [3.8, 4) is 5.75 Å². The minimum atomic E-state index is -4.54. The number of halogens is 2. The Bertz CT molecular complexity index is 1650. The van der Waals surface area contributed by atoms with E-state index >= 15 is 0 Å². The molecule has 0 saturated carbocycles. The summed E-state index contributed by atoms with van der Waals surface area (Å²) in [6.07, 6.45) is 0.223. The Labute approximate surface area is 273 Å². The average Bonchev–Trinajstić information content (AvgIpc) is 2.99. The van der Waals surface area contributed by atoms with Crippen molar-refractivity contribution in [2.24, 2.45) is 5.92 Å². The number of rotatable bonds is 14. The standard InChI is InChI=1S/C31H36Cl2N4O7S/c1-6-28(31(39)34-17-20(2)3)35(18-22-8-9-23(32)15-27(22)33)30(38)19-36(24-10-12-25(44-5)13-11-24)45(42,43)26-14-7-21(4)29(16-26)37(40)41/h7-16,20,28H,6,17-19H2,1-5H3,(H,34,39)/t28-/m1/s1. The molecule has 0 saturated heterocycles. The summed E-state index contributed by atoms with van der Waals surface area (Å²) in [6.45, 7) is 6.64. The van der Waals surface area contributed by atoms with Gasteiger partial charge in [-0.1, -0.05) is 56.1 Å². The van der Waals surface area contributed by atoms with Crippen LogP contribution in [0.4, 0.5) is 11.4 Å². The van der Waals surface area contributed by atoms with Crippen molar-refractivity contribution in [1.82, 2.24) is 10.2 Å². The molecule has 0 aliphatic rings. The lowest BCUT2D eigenvalue weighted by Crippen LogP contribution is -2.52. The summed E-state index contributed by atoms with van der Waals surface area (Å²) in [5.74, 6) is -0.512. The summed E-state index contributed by atoms with van der Waals surface area (Å²) in [5, 5.41) is 15.1. The summed E-state index contributed by atoms with van der Waals surface area (Å²) >= 11 is 12.5. The second-order valence-electron chi connectivity index (χ2n) is 10.7. The van der Waals surface area contributed by atoms with Crippen LogP contribution in [0.5, 0.6) is 5.75 Å². The third kappa shape index (κ3) is 8.86. The maximum atomic E-state index is 14.2. The molecule has 14 heteroatoms. The minimum Gasteiger partial charge on any atom is -0.497 e. The van der Waals surface area contributed by atoms with E-state index in [1.807, 2.05) is 13.8 Å². The third-order valence-corrected chi connectivity index (χ3v) is 9.39. The fourth-order valence-corrected chi connectivity index (χ4v) is 6.43. The van der Waals surface area contributed by atoms with Crippen molar-refractivity contribution < 1.29 is 27.7 Å². The van der Waals surface area contributed by atoms with E-state index in [1.54, 1.807) is 19.1 Å². The first-order valence-electron chi connectivity index (χ1n) is 14.1. The van der Waals surface area contributed by atoms with Crippen LogP contribution in [0.25, 0.3) is 0 Å². The van der Waals surface area contributed by atoms with Gasteiger partial charge in [-0.3, -0.25) is 24.0 Å². The highest BCUT2D eigenvalue weighted by Crippen LogP contribution is 2.30. The van der Waals surface area contributed by atoms with E-state index in [4.69, 9.17) is 27.9 Å². The number of sulfonamides is 1. The molecule has 1 atom stereocenters. The van der Waals surface area contributed by atoms with Gasteiger partial charge >= 0.3 is 0 Å². The first kappa shape index (κ1) is 35.6. The van der Waals surface area contributed by atoms with Gasteiger partial charge in [0.15, 0.2) is 0 Å². The highest BCUT2D eigenvalue weighted by molar-refractivity contribution is 7.92. The van der Waals surface area contributed by atoms with Crippen molar-refractivity contribution in [2.45, 2.75) is 51.6 Å². The molecule has 3 aromatic rings. The van der Waals surface area contributed by atoms with E-state index in [0.717, 1.165) is 10.4 Å². The van der Waals surface area contributed by atoms with Gasteiger partial charge in [0.05, 0.1) is 22.6 Å². The highest BCUT2D eigenvalue weighted by atomic mass is 35.5. The molecule has 0 unspecified atom stereocenters. The second-order valence-corrected chi connectivity index (χ2v) is 13.4. The van der Waals surface area contributed by atoms with Crippen LogP contribution < -0.4 is 14.4 Å². The smallest absolute Gasteiger partial charge is 0.273 e. The number of carbonyl (C=O) groups excluding carboxylic acids is 2. The van der Waals surface area contributed by atoms with Gasteiger partial charge in [0, 0.05) is 34.8 Å². The molecule has 2 amide bonds. The Hall–Kier alpha value is -3.87. The largest absolute Gasteiger partial charge is 0.497 e. The number of anilines is 1. The van der Waals surface area contributed by atoms with Crippen LogP contribution in [0.1, 0.15) is 38.3 Å². The molecule has 0 fully saturated rings. The molecule has 0 aliphatic heterocycles. The van der Waals surface area contributed by atoms with E-state index in [0.29, 0.717) is 22.9 Å². The number of nitro groups is 1. The molecule has 0 aliphatic carbocycles. The number of aryl methyl sites for hydroxylation is 1. The summed E-state index contributed by atoms with van der Waals surface area (Å²) in [6, 6.07) is 13.3. The van der Waals surface area contributed by atoms with Crippen LogP contribution in [0.2, 0.25) is 10.0 Å². The van der Waals surface area contributed by atoms with Gasteiger partial charge in [0.25, 0.3) is 15.7 Å². The van der Waals surface area contributed by atoms with Gasteiger partial charge in [-0.25, -0.2) is 8.42 Å². The number of nitrogens with zero attached hydrogens (tertiary/aromatic N) is 3. The first-order chi connectivity index (χ1) is 21.2. The van der Waals surface area contributed by atoms with E-state index < -0.39 is 39.3 Å². The van der Waals surface area contributed by atoms with Crippen molar-refractivity contribution in [1.29, 1.82) is 0 Å². The van der Waals surface area contributed by atoms with E-state index in [-0.39, 0.29) is 45.7 Å².